The summed E-state index contributed by atoms with van der Waals surface area (Å²) >= 11 is 7.33. The van der Waals surface area contributed by atoms with Gasteiger partial charge in [-0.25, -0.2) is 4.79 Å². The minimum atomic E-state index is -0.501. The van der Waals surface area contributed by atoms with E-state index in [9.17, 15) is 9.59 Å². The van der Waals surface area contributed by atoms with Gasteiger partial charge in [0.15, 0.2) is 6.61 Å². The number of aryl methyl sites for hydroxylation is 1. The number of carbonyl (C=O) groups excluding carboxylic acids is 2. The van der Waals surface area contributed by atoms with Crippen LogP contribution in [0.15, 0.2) is 28.7 Å². The van der Waals surface area contributed by atoms with Crippen molar-refractivity contribution in [3.63, 3.8) is 0 Å². The lowest BCUT2D eigenvalue weighted by molar-refractivity contribution is -0.114. The molecule has 0 bridgehead atoms. The molecule has 29 heavy (non-hydrogen) atoms. The van der Waals surface area contributed by atoms with Gasteiger partial charge in [0.1, 0.15) is 5.00 Å². The number of ether oxygens (including phenoxy) is 1. The Morgan fingerprint density at radius 2 is 1.97 bits per heavy atom. The van der Waals surface area contributed by atoms with Crippen molar-refractivity contribution in [3.8, 4) is 11.5 Å². The highest BCUT2D eigenvalue weighted by Gasteiger charge is 2.27. The van der Waals surface area contributed by atoms with Crippen LogP contribution in [0.1, 0.15) is 46.5 Å². The number of aromatic nitrogens is 2. The van der Waals surface area contributed by atoms with Crippen LogP contribution in [0.5, 0.6) is 0 Å². The zero-order chi connectivity index (χ0) is 20.4. The molecule has 3 aromatic rings. The van der Waals surface area contributed by atoms with Crippen LogP contribution in [-0.2, 0) is 29.0 Å². The average Bonchev–Trinajstić information content (AvgIpc) is 3.30. The molecule has 0 fully saturated rings. The number of nitrogens with one attached hydrogen (secondary N) is 1. The first-order valence-corrected chi connectivity index (χ1v) is 10.4. The van der Waals surface area contributed by atoms with E-state index in [-0.39, 0.29) is 18.4 Å². The monoisotopic (exact) mass is 431 g/mol. The molecule has 7 nitrogen and oxygen atoms in total. The molecule has 0 spiro atoms. The van der Waals surface area contributed by atoms with Gasteiger partial charge in [0.2, 0.25) is 11.8 Å². The second-order valence-corrected chi connectivity index (χ2v) is 8.22. The van der Waals surface area contributed by atoms with Crippen molar-refractivity contribution in [2.24, 2.45) is 0 Å². The molecule has 150 valence electrons. The summed E-state index contributed by atoms with van der Waals surface area (Å²) in [5, 5.41) is 11.8. The Kier molecular flexibility index (Phi) is 5.64. The van der Waals surface area contributed by atoms with Gasteiger partial charge in [-0.1, -0.05) is 11.6 Å². The van der Waals surface area contributed by atoms with Gasteiger partial charge >= 0.3 is 5.97 Å². The molecular weight excluding hydrogens is 414 g/mol. The zero-order valence-electron chi connectivity index (χ0n) is 15.7. The summed E-state index contributed by atoms with van der Waals surface area (Å²) in [6, 6.07) is 6.99. The van der Waals surface area contributed by atoms with Crippen LogP contribution in [0.4, 0.5) is 5.00 Å². The predicted molar refractivity (Wildman–Crippen MR) is 109 cm³/mol. The molecule has 0 aliphatic heterocycles. The number of hydrogen-bond acceptors (Lipinski definition) is 7. The van der Waals surface area contributed by atoms with Crippen LogP contribution in [0.3, 0.4) is 0 Å². The third-order valence-corrected chi connectivity index (χ3v) is 6.01. The van der Waals surface area contributed by atoms with Gasteiger partial charge in [0, 0.05) is 22.4 Å². The molecule has 0 radical (unpaired) electrons. The summed E-state index contributed by atoms with van der Waals surface area (Å²) in [6.07, 6.45) is 3.81. The van der Waals surface area contributed by atoms with Gasteiger partial charge in [0.05, 0.1) is 5.56 Å². The second kappa shape index (κ2) is 8.34. The maximum atomic E-state index is 12.8. The van der Waals surface area contributed by atoms with E-state index >= 15 is 0 Å². The second-order valence-electron chi connectivity index (χ2n) is 6.68. The average molecular weight is 432 g/mol. The predicted octanol–water partition coefficient (Wildman–Crippen LogP) is 4.65. The fourth-order valence-corrected chi connectivity index (χ4v) is 4.70. The van der Waals surface area contributed by atoms with Crippen LogP contribution in [0.2, 0.25) is 5.02 Å². The van der Waals surface area contributed by atoms with Crippen molar-refractivity contribution in [1.82, 2.24) is 10.2 Å². The van der Waals surface area contributed by atoms with Crippen molar-refractivity contribution in [3.05, 3.63) is 51.2 Å². The highest BCUT2D eigenvalue weighted by molar-refractivity contribution is 7.17. The summed E-state index contributed by atoms with van der Waals surface area (Å²) in [5.74, 6) is -0.213. The van der Waals surface area contributed by atoms with E-state index in [1.54, 1.807) is 24.3 Å². The minimum absolute atomic E-state index is 0.149. The van der Waals surface area contributed by atoms with E-state index in [1.807, 2.05) is 0 Å². The lowest BCUT2D eigenvalue weighted by Gasteiger charge is -2.12. The Hall–Kier alpha value is -2.71. The SMILES string of the molecule is CC(=O)Nc1sc2c(c1C(=O)OCc1nnc(-c3ccc(Cl)cc3)o1)CCCC2. The Bertz CT molecular complexity index is 1060. The molecule has 9 heteroatoms. The number of thiophene rings is 1. The van der Waals surface area contributed by atoms with Crippen LogP contribution in [0, 0.1) is 0 Å². The first kappa shape index (κ1) is 19.6. The van der Waals surface area contributed by atoms with E-state index in [0.29, 0.717) is 21.5 Å². The van der Waals surface area contributed by atoms with Crippen LogP contribution < -0.4 is 5.32 Å². The summed E-state index contributed by atoms with van der Waals surface area (Å²) in [7, 11) is 0. The summed E-state index contributed by atoms with van der Waals surface area (Å²) in [6.45, 7) is 1.27. The molecule has 1 N–H and O–H groups in total. The van der Waals surface area contributed by atoms with Gasteiger partial charge in [-0.15, -0.1) is 21.5 Å². The molecular formula is C20H18ClN3O4S. The third kappa shape index (κ3) is 4.33. The highest BCUT2D eigenvalue weighted by atomic mass is 35.5. The fraction of sp³-hybridized carbons (Fsp3) is 0.300. The summed E-state index contributed by atoms with van der Waals surface area (Å²) < 4.78 is 11.0. The Balaban J connectivity index is 1.50. The number of esters is 1. The number of carbonyl (C=O) groups is 2. The molecule has 0 saturated heterocycles. The van der Waals surface area contributed by atoms with Crippen LogP contribution in [-0.4, -0.2) is 22.1 Å². The normalized spacial score (nSPS) is 13.0. The van der Waals surface area contributed by atoms with Crippen molar-refractivity contribution >= 4 is 39.8 Å². The van der Waals surface area contributed by atoms with E-state index in [0.717, 1.165) is 41.7 Å². The van der Waals surface area contributed by atoms with E-state index in [2.05, 4.69) is 15.5 Å². The largest absolute Gasteiger partial charge is 0.452 e. The molecule has 1 aromatic carbocycles. The van der Waals surface area contributed by atoms with E-state index < -0.39 is 5.97 Å². The topological polar surface area (TPSA) is 94.3 Å². The van der Waals surface area contributed by atoms with E-state index in [4.69, 9.17) is 20.8 Å². The number of fused-ring (bicyclic) bond motifs is 1. The maximum absolute atomic E-state index is 12.8. The summed E-state index contributed by atoms with van der Waals surface area (Å²) in [4.78, 5) is 25.5. The zero-order valence-corrected chi connectivity index (χ0v) is 17.2. The van der Waals surface area contributed by atoms with Gasteiger partial charge < -0.3 is 14.5 Å². The van der Waals surface area contributed by atoms with Crippen LogP contribution in [0.25, 0.3) is 11.5 Å². The van der Waals surface area contributed by atoms with Gasteiger partial charge in [-0.05, 0) is 55.5 Å². The number of amides is 1. The maximum Gasteiger partial charge on any atom is 0.341 e. The molecule has 2 heterocycles. The molecule has 1 aliphatic carbocycles. The lowest BCUT2D eigenvalue weighted by atomic mass is 9.95. The van der Waals surface area contributed by atoms with Gasteiger partial charge in [-0.3, -0.25) is 4.79 Å². The fourth-order valence-electron chi connectivity index (χ4n) is 3.25. The molecule has 0 atom stereocenters. The molecule has 0 unspecified atom stereocenters. The smallest absolute Gasteiger partial charge is 0.341 e. The first-order valence-electron chi connectivity index (χ1n) is 9.19. The minimum Gasteiger partial charge on any atom is -0.452 e. The molecule has 2 aromatic heterocycles. The Morgan fingerprint density at radius 1 is 1.21 bits per heavy atom. The third-order valence-electron chi connectivity index (χ3n) is 4.55. The number of rotatable bonds is 5. The quantitative estimate of drug-likeness (QED) is 0.591. The van der Waals surface area contributed by atoms with E-state index in [1.165, 1.54) is 18.3 Å². The number of halogens is 1. The van der Waals surface area contributed by atoms with Crippen molar-refractivity contribution in [1.29, 1.82) is 0 Å². The first-order chi connectivity index (χ1) is 14.0. The molecule has 1 amide bonds. The van der Waals surface area contributed by atoms with Crippen molar-refractivity contribution in [2.45, 2.75) is 39.2 Å². The molecule has 4 rings (SSSR count). The standard InChI is InChI=1S/C20H18ClN3O4S/c1-11(25)22-19-17(14-4-2-3-5-15(14)29-19)20(26)27-10-16-23-24-18(28-16)12-6-8-13(21)9-7-12/h6-9H,2-5,10H2,1H3,(H,22,25). The highest BCUT2D eigenvalue weighted by Crippen LogP contribution is 2.38. The molecule has 1 aliphatic rings. The number of anilines is 1. The Morgan fingerprint density at radius 3 is 2.72 bits per heavy atom. The van der Waals surface area contributed by atoms with Crippen LogP contribution >= 0.6 is 22.9 Å². The number of benzene rings is 1. The Labute approximate surface area is 176 Å². The van der Waals surface area contributed by atoms with Gasteiger partial charge in [0.25, 0.3) is 5.89 Å². The lowest BCUT2D eigenvalue weighted by Crippen LogP contribution is -2.13. The number of nitrogens with zero attached hydrogens (tertiary/aromatic N) is 2. The van der Waals surface area contributed by atoms with Gasteiger partial charge in [-0.2, -0.15) is 0 Å². The van der Waals surface area contributed by atoms with Crippen molar-refractivity contribution in [2.75, 3.05) is 5.32 Å². The van der Waals surface area contributed by atoms with Crippen molar-refractivity contribution < 1.29 is 18.7 Å². The summed E-state index contributed by atoms with van der Waals surface area (Å²) in [5.41, 5.74) is 2.14. The molecule has 0 saturated carbocycles. The number of hydrogen-bond donors (Lipinski definition) is 1.